The van der Waals surface area contributed by atoms with Crippen molar-refractivity contribution < 1.29 is 26.4 Å². The summed E-state index contributed by atoms with van der Waals surface area (Å²) in [4.78, 5) is 11.6. The number of allylic oxidation sites excluding steroid dienone is 4. The number of alkyl halides is 3. The normalized spacial score (nSPS) is 17.2. The van der Waals surface area contributed by atoms with Crippen LogP contribution in [0.3, 0.4) is 0 Å². The molecular weight excluding hydrogens is 307 g/mol. The number of sulfonamides is 1. The van der Waals surface area contributed by atoms with Gasteiger partial charge in [0.1, 0.15) is 0 Å². The van der Waals surface area contributed by atoms with Crippen LogP contribution in [0.1, 0.15) is 27.7 Å². The molecule has 0 aliphatic heterocycles. The Labute approximate surface area is 121 Å². The number of carbonyl (C=O) groups excluding carboxylic acids is 1. The zero-order valence-corrected chi connectivity index (χ0v) is 12.8. The highest BCUT2D eigenvalue weighted by Crippen LogP contribution is 2.30. The van der Waals surface area contributed by atoms with Crippen LogP contribution in [0.2, 0.25) is 0 Å². The summed E-state index contributed by atoms with van der Waals surface area (Å²) in [6.07, 6.45) is 2.25. The van der Waals surface area contributed by atoms with Gasteiger partial charge in [-0.05, 0) is 35.1 Å². The van der Waals surface area contributed by atoms with Gasteiger partial charge >= 0.3 is 15.5 Å². The van der Waals surface area contributed by atoms with E-state index in [4.69, 9.17) is 0 Å². The fourth-order valence-corrected chi connectivity index (χ4v) is 2.36. The topological polar surface area (TPSA) is 63.6 Å². The largest absolute Gasteiger partial charge is 0.518 e. The van der Waals surface area contributed by atoms with Crippen molar-refractivity contribution in [2.24, 2.45) is 16.2 Å². The standard InChI is InChI=1S/C13H16F3NO3S/c1-7(2)10-5-9(18)6-11(8(3)4)12(10)17-21(19,20)13(14,15)16/h5-8H,1-4H3. The van der Waals surface area contributed by atoms with Gasteiger partial charge in [-0.15, -0.1) is 0 Å². The minimum atomic E-state index is -5.65. The zero-order valence-electron chi connectivity index (χ0n) is 12.0. The van der Waals surface area contributed by atoms with E-state index in [9.17, 15) is 26.4 Å². The van der Waals surface area contributed by atoms with Crippen LogP contribution in [-0.2, 0) is 14.8 Å². The van der Waals surface area contributed by atoms with Crippen LogP contribution in [0.15, 0.2) is 27.7 Å². The van der Waals surface area contributed by atoms with E-state index in [0.717, 1.165) is 12.2 Å². The number of rotatable bonds is 3. The Morgan fingerprint density at radius 1 is 1.00 bits per heavy atom. The van der Waals surface area contributed by atoms with Gasteiger partial charge in [0.15, 0.2) is 5.78 Å². The molecule has 0 saturated carbocycles. The van der Waals surface area contributed by atoms with Crippen molar-refractivity contribution >= 4 is 21.5 Å². The first-order chi connectivity index (χ1) is 9.36. The number of nitrogens with zero attached hydrogens (tertiary/aromatic N) is 1. The van der Waals surface area contributed by atoms with E-state index in [-0.39, 0.29) is 34.5 Å². The van der Waals surface area contributed by atoms with Crippen molar-refractivity contribution in [3.8, 4) is 0 Å². The highest BCUT2D eigenvalue weighted by Gasteiger charge is 2.46. The monoisotopic (exact) mass is 323 g/mol. The van der Waals surface area contributed by atoms with Crippen LogP contribution < -0.4 is 0 Å². The fraction of sp³-hybridized carbons (Fsp3) is 0.538. The van der Waals surface area contributed by atoms with Crippen LogP contribution in [0.5, 0.6) is 0 Å². The molecule has 0 aromatic heterocycles. The molecule has 8 heteroatoms. The first-order valence-corrected chi connectivity index (χ1v) is 7.70. The van der Waals surface area contributed by atoms with E-state index in [0.29, 0.717) is 0 Å². The average molecular weight is 323 g/mol. The van der Waals surface area contributed by atoms with Gasteiger partial charge in [-0.2, -0.15) is 26.0 Å². The molecule has 0 fully saturated rings. The molecule has 0 bridgehead atoms. The molecule has 0 N–H and O–H groups in total. The molecule has 21 heavy (non-hydrogen) atoms. The molecule has 118 valence electrons. The maximum Gasteiger partial charge on any atom is 0.518 e. The zero-order chi connectivity index (χ0) is 16.6. The predicted octanol–water partition coefficient (Wildman–Crippen LogP) is 3.02. The van der Waals surface area contributed by atoms with E-state index in [1.165, 1.54) is 0 Å². The third-order valence-corrected chi connectivity index (χ3v) is 3.90. The Balaban J connectivity index is 3.56. The molecule has 1 rings (SSSR count). The van der Waals surface area contributed by atoms with Gasteiger partial charge < -0.3 is 0 Å². The van der Waals surface area contributed by atoms with Gasteiger partial charge in [0, 0.05) is 0 Å². The van der Waals surface area contributed by atoms with Gasteiger partial charge in [-0.25, -0.2) is 0 Å². The Bertz CT molecular complexity index is 608. The molecule has 0 amide bonds. The second kappa shape index (κ2) is 5.75. The first-order valence-electron chi connectivity index (χ1n) is 6.26. The molecule has 0 saturated heterocycles. The molecule has 0 atom stereocenters. The van der Waals surface area contributed by atoms with E-state index >= 15 is 0 Å². The number of hydrogen-bond acceptors (Lipinski definition) is 3. The van der Waals surface area contributed by atoms with Crippen LogP contribution >= 0.6 is 0 Å². The van der Waals surface area contributed by atoms with Gasteiger partial charge in [-0.3, -0.25) is 4.79 Å². The van der Waals surface area contributed by atoms with Crippen LogP contribution in [0.25, 0.3) is 0 Å². The molecule has 4 nitrogen and oxygen atoms in total. The summed E-state index contributed by atoms with van der Waals surface area (Å²) in [6.45, 7) is 6.60. The summed E-state index contributed by atoms with van der Waals surface area (Å²) in [5, 5.41) is 0. The molecular formula is C13H16F3NO3S. The summed E-state index contributed by atoms with van der Waals surface area (Å²) in [7, 11) is -5.65. The Hall–Kier alpha value is -1.44. The van der Waals surface area contributed by atoms with Gasteiger partial charge in [0.25, 0.3) is 0 Å². The average Bonchev–Trinajstić information content (AvgIpc) is 2.28. The summed E-state index contributed by atoms with van der Waals surface area (Å²) in [5.41, 5.74) is -5.36. The summed E-state index contributed by atoms with van der Waals surface area (Å²) in [5.74, 6) is -1.05. The third kappa shape index (κ3) is 3.81. The number of halogens is 3. The molecule has 1 aliphatic rings. The van der Waals surface area contributed by atoms with Crippen LogP contribution in [0, 0.1) is 11.8 Å². The summed E-state index contributed by atoms with van der Waals surface area (Å²) < 4.78 is 63.1. The fourth-order valence-electron chi connectivity index (χ4n) is 1.81. The maximum absolute atomic E-state index is 12.5. The predicted molar refractivity (Wildman–Crippen MR) is 73.3 cm³/mol. The van der Waals surface area contributed by atoms with Crippen molar-refractivity contribution in [1.29, 1.82) is 0 Å². The lowest BCUT2D eigenvalue weighted by Gasteiger charge is -2.22. The number of ketones is 1. The molecule has 1 aliphatic carbocycles. The molecule has 0 unspecified atom stereocenters. The summed E-state index contributed by atoms with van der Waals surface area (Å²) in [6, 6.07) is 0. The molecule has 0 heterocycles. The minimum absolute atomic E-state index is 0.194. The van der Waals surface area contributed by atoms with Gasteiger partial charge in [0.2, 0.25) is 0 Å². The Morgan fingerprint density at radius 2 is 1.38 bits per heavy atom. The highest BCUT2D eigenvalue weighted by atomic mass is 32.2. The summed E-state index contributed by atoms with van der Waals surface area (Å²) >= 11 is 0. The van der Waals surface area contributed by atoms with Crippen molar-refractivity contribution in [3.05, 3.63) is 23.3 Å². The van der Waals surface area contributed by atoms with Gasteiger partial charge in [0.05, 0.1) is 5.71 Å². The van der Waals surface area contributed by atoms with Crippen molar-refractivity contribution in [3.63, 3.8) is 0 Å². The second-order valence-corrected chi connectivity index (χ2v) is 6.87. The molecule has 0 aromatic rings. The SMILES string of the molecule is CC(C)C1=CC(=O)C=C(C(C)C)C1=NS(=O)(=O)C(F)(F)F. The molecule has 0 spiro atoms. The number of carbonyl (C=O) groups is 1. The van der Waals surface area contributed by atoms with E-state index in [1.807, 2.05) is 0 Å². The minimum Gasteiger partial charge on any atom is -0.290 e. The van der Waals surface area contributed by atoms with Gasteiger partial charge in [-0.1, -0.05) is 27.7 Å². The lowest BCUT2D eigenvalue weighted by Crippen LogP contribution is -2.27. The molecule has 0 radical (unpaired) electrons. The lowest BCUT2D eigenvalue weighted by atomic mass is 9.84. The van der Waals surface area contributed by atoms with E-state index < -0.39 is 15.5 Å². The third-order valence-electron chi connectivity index (χ3n) is 2.89. The van der Waals surface area contributed by atoms with E-state index in [1.54, 1.807) is 27.7 Å². The second-order valence-electron chi connectivity index (χ2n) is 5.27. The quantitative estimate of drug-likeness (QED) is 0.750. The maximum atomic E-state index is 12.5. The molecule has 0 aromatic carbocycles. The lowest BCUT2D eigenvalue weighted by molar-refractivity contribution is -0.110. The number of hydrogen-bond donors (Lipinski definition) is 0. The first kappa shape index (κ1) is 17.6. The van der Waals surface area contributed by atoms with E-state index in [2.05, 4.69) is 4.40 Å². The highest BCUT2D eigenvalue weighted by molar-refractivity contribution is 7.91. The Morgan fingerprint density at radius 3 is 1.67 bits per heavy atom. The van der Waals surface area contributed by atoms with Crippen LogP contribution in [0.4, 0.5) is 13.2 Å². The van der Waals surface area contributed by atoms with Crippen molar-refractivity contribution in [1.82, 2.24) is 0 Å². The van der Waals surface area contributed by atoms with Crippen molar-refractivity contribution in [2.75, 3.05) is 0 Å². The van der Waals surface area contributed by atoms with Crippen LogP contribution in [-0.4, -0.2) is 25.4 Å². The smallest absolute Gasteiger partial charge is 0.290 e. The van der Waals surface area contributed by atoms with Crippen molar-refractivity contribution in [2.45, 2.75) is 33.2 Å². The Kier molecular flexibility index (Phi) is 4.82.